The monoisotopic (exact) mass is 487 g/mol. The number of aromatic nitrogens is 3. The van der Waals surface area contributed by atoms with E-state index >= 15 is 0 Å². The molecule has 36 heavy (non-hydrogen) atoms. The molecular formula is C27H29N5O4. The first-order valence-electron chi connectivity index (χ1n) is 12.4. The zero-order chi connectivity index (χ0) is 24.6. The number of carbonyl (C=O) groups excluding carboxylic acids is 1. The van der Waals surface area contributed by atoms with Crippen LogP contribution in [0.1, 0.15) is 18.4 Å². The highest BCUT2D eigenvalue weighted by Gasteiger charge is 2.22. The fraction of sp³-hybridized carbons (Fsp3) is 0.370. The van der Waals surface area contributed by atoms with E-state index in [-0.39, 0.29) is 18.3 Å². The molecule has 9 heteroatoms. The summed E-state index contributed by atoms with van der Waals surface area (Å²) >= 11 is 0. The van der Waals surface area contributed by atoms with Crippen molar-refractivity contribution in [3.8, 4) is 11.5 Å². The van der Waals surface area contributed by atoms with Gasteiger partial charge in [-0.25, -0.2) is 4.68 Å². The van der Waals surface area contributed by atoms with Gasteiger partial charge < -0.3 is 18.9 Å². The van der Waals surface area contributed by atoms with Crippen LogP contribution in [0, 0.1) is 0 Å². The molecule has 2 aliphatic heterocycles. The van der Waals surface area contributed by atoms with Crippen LogP contribution in [-0.2, 0) is 24.9 Å². The number of para-hydroxylation sites is 1. The van der Waals surface area contributed by atoms with Gasteiger partial charge in [-0.1, -0.05) is 24.3 Å². The van der Waals surface area contributed by atoms with Crippen molar-refractivity contribution >= 4 is 27.7 Å². The Hall–Kier alpha value is -3.85. The maximum Gasteiger partial charge on any atom is 0.291 e. The molecule has 1 amide bonds. The molecule has 0 atom stereocenters. The molecule has 0 aliphatic carbocycles. The van der Waals surface area contributed by atoms with E-state index in [1.54, 1.807) is 13.2 Å². The first kappa shape index (κ1) is 22.6. The van der Waals surface area contributed by atoms with Gasteiger partial charge in [-0.05, 0) is 30.2 Å². The molecule has 0 saturated carbocycles. The normalized spacial score (nSPS) is 15.8. The van der Waals surface area contributed by atoms with Crippen LogP contribution >= 0.6 is 0 Å². The fourth-order valence-corrected chi connectivity index (χ4v) is 5.27. The van der Waals surface area contributed by atoms with Crippen LogP contribution in [0.25, 0.3) is 21.8 Å². The summed E-state index contributed by atoms with van der Waals surface area (Å²) in [5.74, 6) is 1.78. The highest BCUT2D eigenvalue weighted by Crippen LogP contribution is 2.33. The first-order valence-corrected chi connectivity index (χ1v) is 12.4. The topological polar surface area (TPSA) is 81.8 Å². The smallest absolute Gasteiger partial charge is 0.291 e. The number of amides is 1. The fourth-order valence-electron chi connectivity index (χ4n) is 5.27. The predicted molar refractivity (Wildman–Crippen MR) is 136 cm³/mol. The van der Waals surface area contributed by atoms with E-state index in [2.05, 4.69) is 16.1 Å². The molecule has 1 saturated heterocycles. The highest BCUT2D eigenvalue weighted by molar-refractivity contribution is 6.07. The van der Waals surface area contributed by atoms with Crippen molar-refractivity contribution in [2.75, 3.05) is 33.0 Å². The van der Waals surface area contributed by atoms with Gasteiger partial charge in [0.05, 0.1) is 6.20 Å². The van der Waals surface area contributed by atoms with E-state index in [0.29, 0.717) is 24.9 Å². The van der Waals surface area contributed by atoms with Crippen LogP contribution in [0.3, 0.4) is 0 Å². The molecule has 0 unspecified atom stereocenters. The van der Waals surface area contributed by atoms with E-state index in [1.807, 2.05) is 45.9 Å². The number of piperazine rings is 1. The number of hydrogen-bond donors (Lipinski definition) is 0. The number of aryl methyl sites for hydroxylation is 2. The number of hydrogen-bond acceptors (Lipinski definition) is 6. The van der Waals surface area contributed by atoms with Crippen LogP contribution in [-0.4, -0.2) is 63.0 Å². The van der Waals surface area contributed by atoms with Gasteiger partial charge in [-0.2, -0.15) is 5.10 Å². The number of benzene rings is 2. The Morgan fingerprint density at radius 3 is 2.67 bits per heavy atom. The maximum atomic E-state index is 13.0. The molecule has 2 aromatic heterocycles. The van der Waals surface area contributed by atoms with E-state index in [4.69, 9.17) is 9.47 Å². The summed E-state index contributed by atoms with van der Waals surface area (Å²) in [7, 11) is 1.67. The van der Waals surface area contributed by atoms with Crippen molar-refractivity contribution in [1.29, 1.82) is 0 Å². The van der Waals surface area contributed by atoms with Crippen molar-refractivity contribution < 1.29 is 14.3 Å². The van der Waals surface area contributed by atoms with Crippen molar-refractivity contribution in [3.63, 3.8) is 0 Å². The third-order valence-corrected chi connectivity index (χ3v) is 7.21. The van der Waals surface area contributed by atoms with Crippen molar-refractivity contribution in [2.24, 2.45) is 7.05 Å². The quantitative estimate of drug-likeness (QED) is 0.416. The van der Waals surface area contributed by atoms with Gasteiger partial charge in [0, 0.05) is 69.0 Å². The Kier molecular flexibility index (Phi) is 5.85. The minimum atomic E-state index is -0.117. The zero-order valence-electron chi connectivity index (χ0n) is 20.4. The summed E-state index contributed by atoms with van der Waals surface area (Å²) in [5, 5.41) is 6.08. The van der Waals surface area contributed by atoms with Crippen molar-refractivity contribution in [1.82, 2.24) is 24.1 Å². The van der Waals surface area contributed by atoms with Crippen LogP contribution in [0.5, 0.6) is 11.5 Å². The molecule has 6 rings (SSSR count). The second kappa shape index (κ2) is 9.31. The summed E-state index contributed by atoms with van der Waals surface area (Å²) in [4.78, 5) is 30.2. The standard InChI is InChI=1S/C27H29N5O4/c1-29-27(34)26-21(16-28-29)20-5-2-3-6-22(20)32(26)10-4-7-25(33)31-13-11-30(12-14-31)17-19-8-9-23-24(15-19)36-18-35-23/h2-3,5-6,8-9,15-16H,4,7,10-14,17-18H2,1H3. The summed E-state index contributed by atoms with van der Waals surface area (Å²) in [6.07, 6.45) is 2.89. The summed E-state index contributed by atoms with van der Waals surface area (Å²) in [5.41, 5.74) is 2.72. The van der Waals surface area contributed by atoms with E-state index < -0.39 is 0 Å². The lowest BCUT2D eigenvalue weighted by Crippen LogP contribution is -2.48. The zero-order valence-corrected chi connectivity index (χ0v) is 20.4. The molecule has 1 fully saturated rings. The minimum absolute atomic E-state index is 0.117. The van der Waals surface area contributed by atoms with Crippen molar-refractivity contribution in [3.05, 3.63) is 64.6 Å². The van der Waals surface area contributed by atoms with E-state index in [0.717, 1.165) is 60.5 Å². The molecular weight excluding hydrogens is 458 g/mol. The molecule has 0 radical (unpaired) electrons. The number of rotatable bonds is 6. The van der Waals surface area contributed by atoms with Gasteiger partial charge in [0.25, 0.3) is 5.56 Å². The Balaban J connectivity index is 1.06. The Bertz CT molecular complexity index is 1500. The highest BCUT2D eigenvalue weighted by atomic mass is 16.7. The number of nitrogens with zero attached hydrogens (tertiary/aromatic N) is 5. The van der Waals surface area contributed by atoms with Crippen molar-refractivity contribution in [2.45, 2.75) is 25.9 Å². The Morgan fingerprint density at radius 1 is 1.00 bits per heavy atom. The van der Waals surface area contributed by atoms with Gasteiger partial charge in [0.15, 0.2) is 11.5 Å². The molecule has 2 aromatic carbocycles. The van der Waals surface area contributed by atoms with Gasteiger partial charge in [0.2, 0.25) is 12.7 Å². The Labute approximate surface area is 208 Å². The lowest BCUT2D eigenvalue weighted by Gasteiger charge is -2.35. The molecule has 2 aliphatic rings. The first-order chi connectivity index (χ1) is 17.6. The average molecular weight is 488 g/mol. The summed E-state index contributed by atoms with van der Waals surface area (Å²) < 4.78 is 14.3. The van der Waals surface area contributed by atoms with Gasteiger partial charge in [-0.15, -0.1) is 0 Å². The molecule has 0 N–H and O–H groups in total. The van der Waals surface area contributed by atoms with Crippen LogP contribution in [0.4, 0.5) is 0 Å². The van der Waals surface area contributed by atoms with Crippen LogP contribution in [0.2, 0.25) is 0 Å². The maximum absolute atomic E-state index is 13.0. The van der Waals surface area contributed by atoms with E-state index in [9.17, 15) is 9.59 Å². The molecule has 186 valence electrons. The second-order valence-corrected chi connectivity index (χ2v) is 9.45. The number of fused-ring (bicyclic) bond motifs is 4. The largest absolute Gasteiger partial charge is 0.454 e. The molecule has 4 aromatic rings. The molecule has 4 heterocycles. The number of ether oxygens (including phenoxy) is 2. The SMILES string of the molecule is Cn1ncc2c3ccccc3n(CCCC(=O)N3CCN(Cc4ccc5c(c4)OCO5)CC3)c2c1=O. The van der Waals surface area contributed by atoms with Gasteiger partial charge >= 0.3 is 0 Å². The molecule has 9 nitrogen and oxygen atoms in total. The molecule has 0 bridgehead atoms. The lowest BCUT2D eigenvalue weighted by atomic mass is 10.1. The van der Waals surface area contributed by atoms with Crippen LogP contribution in [0.15, 0.2) is 53.5 Å². The van der Waals surface area contributed by atoms with Gasteiger partial charge in [0.1, 0.15) is 5.52 Å². The summed E-state index contributed by atoms with van der Waals surface area (Å²) in [6, 6.07) is 14.1. The second-order valence-electron chi connectivity index (χ2n) is 9.45. The lowest BCUT2D eigenvalue weighted by molar-refractivity contribution is -0.133. The third-order valence-electron chi connectivity index (χ3n) is 7.21. The number of carbonyl (C=O) groups is 1. The van der Waals surface area contributed by atoms with Crippen LogP contribution < -0.4 is 15.0 Å². The predicted octanol–water partition coefficient (Wildman–Crippen LogP) is 2.74. The summed E-state index contributed by atoms with van der Waals surface area (Å²) in [6.45, 7) is 4.86. The molecule has 0 spiro atoms. The Morgan fingerprint density at radius 2 is 1.81 bits per heavy atom. The third kappa shape index (κ3) is 4.09. The van der Waals surface area contributed by atoms with E-state index in [1.165, 1.54) is 10.2 Å². The minimum Gasteiger partial charge on any atom is -0.454 e. The van der Waals surface area contributed by atoms with Gasteiger partial charge in [-0.3, -0.25) is 14.5 Å². The average Bonchev–Trinajstić information content (AvgIpc) is 3.49.